The second-order valence-electron chi connectivity index (χ2n) is 4.25. The minimum atomic E-state index is -0.536. The number of rotatable bonds is 3. The van der Waals surface area contributed by atoms with Crippen molar-refractivity contribution in [3.05, 3.63) is 54.4 Å². The zero-order chi connectivity index (χ0) is 14.7. The number of aromatic nitrogens is 4. The van der Waals surface area contributed by atoms with E-state index in [0.717, 1.165) is 5.39 Å². The van der Waals surface area contributed by atoms with Gasteiger partial charge >= 0.3 is 5.97 Å². The predicted octanol–water partition coefficient (Wildman–Crippen LogP) is 1.36. The van der Waals surface area contributed by atoms with E-state index < -0.39 is 5.97 Å². The monoisotopic (exact) mass is 281 g/mol. The number of benzene rings is 1. The van der Waals surface area contributed by atoms with Crippen LogP contribution in [0.4, 0.5) is 5.82 Å². The number of anilines is 1. The molecule has 3 aromatic rings. The molecule has 0 radical (unpaired) electrons. The smallest absolute Gasteiger partial charge is 0.341 e. The third kappa shape index (κ3) is 2.76. The highest BCUT2D eigenvalue weighted by Crippen LogP contribution is 2.17. The van der Waals surface area contributed by atoms with Gasteiger partial charge in [-0.15, -0.1) is 0 Å². The maximum Gasteiger partial charge on any atom is 0.341 e. The van der Waals surface area contributed by atoms with Gasteiger partial charge in [0.2, 0.25) is 0 Å². The van der Waals surface area contributed by atoms with Crippen LogP contribution in [0, 0.1) is 0 Å². The van der Waals surface area contributed by atoms with Crippen LogP contribution in [0.15, 0.2) is 43.0 Å². The fourth-order valence-corrected chi connectivity index (χ4v) is 1.83. The van der Waals surface area contributed by atoms with Gasteiger partial charge in [0.25, 0.3) is 0 Å². The summed E-state index contributed by atoms with van der Waals surface area (Å²) in [4.78, 5) is 27.7. The van der Waals surface area contributed by atoms with Crippen LogP contribution in [0.2, 0.25) is 0 Å². The SMILES string of the molecule is Nc1nc(COC(=O)c2cncnc2)nc2ccccc12. The number of fused-ring (bicyclic) bond motifs is 1. The fraction of sp³-hybridized carbons (Fsp3) is 0.0714. The van der Waals surface area contributed by atoms with Crippen LogP contribution in [0.3, 0.4) is 0 Å². The molecule has 2 heterocycles. The summed E-state index contributed by atoms with van der Waals surface area (Å²) < 4.78 is 5.12. The minimum Gasteiger partial charge on any atom is -0.454 e. The van der Waals surface area contributed by atoms with Gasteiger partial charge < -0.3 is 10.5 Å². The Morgan fingerprint density at radius 2 is 1.90 bits per heavy atom. The number of carbonyl (C=O) groups excluding carboxylic acids is 1. The van der Waals surface area contributed by atoms with Crippen LogP contribution in [-0.2, 0) is 11.3 Å². The number of esters is 1. The first-order valence-corrected chi connectivity index (χ1v) is 6.17. The standard InChI is InChI=1S/C14H11N5O2/c15-13-10-3-1-2-4-11(10)18-12(19-13)7-21-14(20)9-5-16-8-17-6-9/h1-6,8H,7H2,(H2,15,18,19). The molecule has 7 heteroatoms. The number of ether oxygens (including phenoxy) is 1. The van der Waals surface area contributed by atoms with Crippen molar-refractivity contribution >= 4 is 22.7 Å². The molecule has 0 aliphatic rings. The molecule has 1 aromatic carbocycles. The largest absolute Gasteiger partial charge is 0.454 e. The highest BCUT2D eigenvalue weighted by molar-refractivity contribution is 5.89. The molecule has 0 aliphatic carbocycles. The van der Waals surface area contributed by atoms with Crippen molar-refractivity contribution in [3.8, 4) is 0 Å². The maximum absolute atomic E-state index is 11.8. The minimum absolute atomic E-state index is 0.0667. The molecule has 0 spiro atoms. The first kappa shape index (κ1) is 12.9. The quantitative estimate of drug-likeness (QED) is 0.723. The highest BCUT2D eigenvalue weighted by Gasteiger charge is 2.10. The van der Waals surface area contributed by atoms with Crippen LogP contribution in [0.5, 0.6) is 0 Å². The first-order valence-electron chi connectivity index (χ1n) is 6.17. The van der Waals surface area contributed by atoms with E-state index in [-0.39, 0.29) is 12.2 Å². The van der Waals surface area contributed by atoms with Crippen molar-refractivity contribution in [3.63, 3.8) is 0 Å². The Bertz CT molecular complexity index is 792. The molecule has 2 aromatic heterocycles. The zero-order valence-electron chi connectivity index (χ0n) is 10.9. The van der Waals surface area contributed by atoms with Gasteiger partial charge in [-0.3, -0.25) is 0 Å². The lowest BCUT2D eigenvalue weighted by atomic mass is 10.2. The van der Waals surface area contributed by atoms with Crippen LogP contribution >= 0.6 is 0 Å². The van der Waals surface area contributed by atoms with Gasteiger partial charge in [-0.1, -0.05) is 12.1 Å². The third-order valence-electron chi connectivity index (χ3n) is 2.81. The molecular weight excluding hydrogens is 270 g/mol. The van der Waals surface area contributed by atoms with E-state index in [1.54, 1.807) is 0 Å². The molecule has 0 unspecified atom stereocenters. The van der Waals surface area contributed by atoms with Gasteiger partial charge in [-0.05, 0) is 12.1 Å². The zero-order valence-corrected chi connectivity index (χ0v) is 10.9. The summed E-state index contributed by atoms with van der Waals surface area (Å²) in [5.41, 5.74) is 6.84. The van der Waals surface area contributed by atoms with Crippen molar-refractivity contribution in [2.45, 2.75) is 6.61 Å². The van der Waals surface area contributed by atoms with Crippen molar-refractivity contribution in [2.24, 2.45) is 0 Å². The number of nitrogens with zero attached hydrogens (tertiary/aromatic N) is 4. The van der Waals surface area contributed by atoms with Crippen LogP contribution in [0.25, 0.3) is 10.9 Å². The molecule has 0 saturated carbocycles. The van der Waals surface area contributed by atoms with E-state index >= 15 is 0 Å². The molecule has 0 atom stereocenters. The lowest BCUT2D eigenvalue weighted by Crippen LogP contribution is -2.09. The van der Waals surface area contributed by atoms with E-state index in [9.17, 15) is 4.79 Å². The fourth-order valence-electron chi connectivity index (χ4n) is 1.83. The number of hydrogen-bond donors (Lipinski definition) is 1. The van der Waals surface area contributed by atoms with Gasteiger partial charge in [-0.2, -0.15) is 0 Å². The predicted molar refractivity (Wildman–Crippen MR) is 75.1 cm³/mol. The molecule has 0 amide bonds. The van der Waals surface area contributed by atoms with Crippen molar-refractivity contribution in [1.29, 1.82) is 0 Å². The van der Waals surface area contributed by atoms with Gasteiger partial charge in [0, 0.05) is 17.8 Å². The molecule has 21 heavy (non-hydrogen) atoms. The Hall–Kier alpha value is -3.09. The Balaban J connectivity index is 1.78. The number of hydrogen-bond acceptors (Lipinski definition) is 7. The Kier molecular flexibility index (Phi) is 3.38. The van der Waals surface area contributed by atoms with Crippen LogP contribution in [0.1, 0.15) is 16.2 Å². The van der Waals surface area contributed by atoms with Crippen LogP contribution in [-0.4, -0.2) is 25.9 Å². The molecule has 3 rings (SSSR count). The molecule has 7 nitrogen and oxygen atoms in total. The van der Waals surface area contributed by atoms with Gasteiger partial charge in [0.1, 0.15) is 12.1 Å². The van der Waals surface area contributed by atoms with Gasteiger partial charge in [0.05, 0.1) is 11.1 Å². The van der Waals surface area contributed by atoms with E-state index in [1.165, 1.54) is 18.7 Å². The lowest BCUT2D eigenvalue weighted by Gasteiger charge is -2.06. The summed E-state index contributed by atoms with van der Waals surface area (Å²) in [5, 5.41) is 0.768. The summed E-state index contributed by atoms with van der Waals surface area (Å²) in [7, 11) is 0. The Morgan fingerprint density at radius 3 is 2.71 bits per heavy atom. The highest BCUT2D eigenvalue weighted by atomic mass is 16.5. The number of para-hydroxylation sites is 1. The van der Waals surface area contributed by atoms with E-state index in [0.29, 0.717) is 17.2 Å². The normalized spacial score (nSPS) is 10.5. The molecule has 104 valence electrons. The second-order valence-corrected chi connectivity index (χ2v) is 4.25. The molecule has 0 fully saturated rings. The summed E-state index contributed by atoms with van der Waals surface area (Å²) in [6.07, 6.45) is 4.10. The van der Waals surface area contributed by atoms with E-state index in [1.807, 2.05) is 24.3 Å². The lowest BCUT2D eigenvalue weighted by molar-refractivity contribution is 0.0461. The molecule has 0 bridgehead atoms. The average molecular weight is 281 g/mol. The average Bonchev–Trinajstić information content (AvgIpc) is 2.53. The van der Waals surface area contributed by atoms with Crippen LogP contribution < -0.4 is 5.73 Å². The van der Waals surface area contributed by atoms with Gasteiger partial charge in [0.15, 0.2) is 12.4 Å². The van der Waals surface area contributed by atoms with Crippen molar-refractivity contribution in [2.75, 3.05) is 5.73 Å². The summed E-state index contributed by atoms with van der Waals surface area (Å²) in [6, 6.07) is 7.37. The van der Waals surface area contributed by atoms with E-state index in [4.69, 9.17) is 10.5 Å². The molecule has 0 aliphatic heterocycles. The molecule has 2 N–H and O–H groups in total. The topological polar surface area (TPSA) is 104 Å². The van der Waals surface area contributed by atoms with Gasteiger partial charge in [-0.25, -0.2) is 24.7 Å². The number of carbonyl (C=O) groups is 1. The van der Waals surface area contributed by atoms with Crippen molar-refractivity contribution in [1.82, 2.24) is 19.9 Å². The molecular formula is C14H11N5O2. The third-order valence-corrected chi connectivity index (χ3v) is 2.81. The summed E-state index contributed by atoms with van der Waals surface area (Å²) in [5.74, 6) is 0.164. The van der Waals surface area contributed by atoms with Crippen molar-refractivity contribution < 1.29 is 9.53 Å². The number of nitrogen functional groups attached to an aromatic ring is 1. The van der Waals surface area contributed by atoms with E-state index in [2.05, 4.69) is 19.9 Å². The first-order chi connectivity index (χ1) is 10.2. The second kappa shape index (κ2) is 5.49. The maximum atomic E-state index is 11.8. The summed E-state index contributed by atoms with van der Waals surface area (Å²) >= 11 is 0. The molecule has 0 saturated heterocycles. The summed E-state index contributed by atoms with van der Waals surface area (Å²) in [6.45, 7) is -0.0667. The Morgan fingerprint density at radius 1 is 1.14 bits per heavy atom. The number of nitrogens with two attached hydrogens (primary N) is 1. The Labute approximate surface area is 119 Å².